The van der Waals surface area contributed by atoms with E-state index in [0.29, 0.717) is 6.42 Å². The van der Waals surface area contributed by atoms with E-state index in [1.54, 1.807) is 0 Å². The summed E-state index contributed by atoms with van der Waals surface area (Å²) in [4.78, 5) is 12.6. The number of amides is 1. The lowest BCUT2D eigenvalue weighted by Gasteiger charge is -2.22. The average Bonchev–Trinajstić information content (AvgIpc) is 2.58. The van der Waals surface area contributed by atoms with Crippen molar-refractivity contribution in [3.05, 3.63) is 65.2 Å². The molecular formula is C21H27NO2. The second-order valence-corrected chi connectivity index (χ2v) is 6.21. The van der Waals surface area contributed by atoms with Gasteiger partial charge in [0, 0.05) is 0 Å². The van der Waals surface area contributed by atoms with Crippen LogP contribution in [-0.2, 0) is 4.79 Å². The van der Waals surface area contributed by atoms with Crippen LogP contribution in [0.1, 0.15) is 49.4 Å². The van der Waals surface area contributed by atoms with Crippen LogP contribution in [0.4, 0.5) is 0 Å². The number of benzene rings is 2. The third kappa shape index (κ3) is 4.85. The number of ether oxygens (including phenoxy) is 1. The molecule has 3 nitrogen and oxygen atoms in total. The minimum Gasteiger partial charge on any atom is -0.481 e. The Morgan fingerprint density at radius 2 is 1.71 bits per heavy atom. The molecule has 0 radical (unpaired) electrons. The topological polar surface area (TPSA) is 38.3 Å². The molecule has 0 aliphatic rings. The number of rotatable bonds is 7. The van der Waals surface area contributed by atoms with Crippen LogP contribution in [0, 0.1) is 13.8 Å². The van der Waals surface area contributed by atoms with E-state index in [0.717, 1.165) is 23.3 Å². The Kier molecular flexibility index (Phi) is 6.42. The van der Waals surface area contributed by atoms with Crippen molar-refractivity contribution >= 4 is 5.91 Å². The lowest BCUT2D eigenvalue weighted by molar-refractivity contribution is -0.128. The minimum absolute atomic E-state index is 0.00765. The molecule has 0 aliphatic heterocycles. The Balaban J connectivity index is 2.05. The van der Waals surface area contributed by atoms with Gasteiger partial charge in [-0.3, -0.25) is 4.79 Å². The molecule has 2 atom stereocenters. The first-order valence-electron chi connectivity index (χ1n) is 8.63. The number of carbonyl (C=O) groups is 1. The van der Waals surface area contributed by atoms with Crippen LogP contribution in [0.5, 0.6) is 5.75 Å². The molecular weight excluding hydrogens is 298 g/mol. The van der Waals surface area contributed by atoms with Gasteiger partial charge in [-0.25, -0.2) is 0 Å². The minimum atomic E-state index is -0.480. The molecule has 0 aromatic heterocycles. The van der Waals surface area contributed by atoms with Gasteiger partial charge in [0.25, 0.3) is 5.91 Å². The van der Waals surface area contributed by atoms with Gasteiger partial charge in [0.2, 0.25) is 0 Å². The van der Waals surface area contributed by atoms with Crippen molar-refractivity contribution in [2.75, 3.05) is 0 Å². The number of carbonyl (C=O) groups excluding carboxylic acids is 1. The Labute approximate surface area is 145 Å². The second kappa shape index (κ2) is 8.53. The monoisotopic (exact) mass is 325 g/mol. The average molecular weight is 325 g/mol. The molecule has 0 heterocycles. The van der Waals surface area contributed by atoms with Crippen LogP contribution in [-0.4, -0.2) is 12.0 Å². The Morgan fingerprint density at radius 3 is 2.29 bits per heavy atom. The fraction of sp³-hybridized carbons (Fsp3) is 0.381. The zero-order valence-electron chi connectivity index (χ0n) is 15.0. The molecule has 2 rings (SSSR count). The van der Waals surface area contributed by atoms with E-state index < -0.39 is 6.10 Å². The van der Waals surface area contributed by atoms with E-state index in [1.165, 1.54) is 5.56 Å². The summed E-state index contributed by atoms with van der Waals surface area (Å²) in [7, 11) is 0. The van der Waals surface area contributed by atoms with Crippen molar-refractivity contribution in [3.8, 4) is 5.75 Å². The summed E-state index contributed by atoms with van der Waals surface area (Å²) in [5.74, 6) is 0.673. The quantitative estimate of drug-likeness (QED) is 0.799. The first-order chi connectivity index (χ1) is 11.5. The van der Waals surface area contributed by atoms with Gasteiger partial charge in [0.05, 0.1) is 6.04 Å². The standard InChI is InChI=1S/C21H27NO2/c1-5-19(17-12-10-15(3)11-13-17)22-21(23)20(6-2)24-18-9-7-8-16(4)14-18/h7-14,19-20H,5-6H2,1-4H3,(H,22,23)/t19-,20-/m1/s1. The van der Waals surface area contributed by atoms with Crippen molar-refractivity contribution < 1.29 is 9.53 Å². The van der Waals surface area contributed by atoms with Crippen LogP contribution in [0.2, 0.25) is 0 Å². The normalized spacial score (nSPS) is 13.2. The molecule has 0 aliphatic carbocycles. The lowest BCUT2D eigenvalue weighted by atomic mass is 10.0. The molecule has 0 fully saturated rings. The van der Waals surface area contributed by atoms with Gasteiger partial charge in [-0.05, 0) is 49.9 Å². The maximum absolute atomic E-state index is 12.6. The molecule has 1 N–H and O–H groups in total. The summed E-state index contributed by atoms with van der Waals surface area (Å²) in [6, 6.07) is 16.1. The predicted molar refractivity (Wildman–Crippen MR) is 98.2 cm³/mol. The van der Waals surface area contributed by atoms with Gasteiger partial charge in [-0.1, -0.05) is 55.8 Å². The summed E-state index contributed by atoms with van der Waals surface area (Å²) >= 11 is 0. The van der Waals surface area contributed by atoms with Crippen LogP contribution in [0.25, 0.3) is 0 Å². The first-order valence-corrected chi connectivity index (χ1v) is 8.63. The van der Waals surface area contributed by atoms with E-state index in [1.807, 2.05) is 38.1 Å². The third-order valence-electron chi connectivity index (χ3n) is 4.14. The number of hydrogen-bond acceptors (Lipinski definition) is 2. The number of aryl methyl sites for hydroxylation is 2. The van der Waals surface area contributed by atoms with Crippen LogP contribution in [0.3, 0.4) is 0 Å². The lowest BCUT2D eigenvalue weighted by Crippen LogP contribution is -2.39. The molecule has 0 spiro atoms. The summed E-state index contributed by atoms with van der Waals surface area (Å²) in [5, 5.41) is 3.12. The highest BCUT2D eigenvalue weighted by Gasteiger charge is 2.21. The molecule has 0 saturated carbocycles. The Bertz CT molecular complexity index is 664. The summed E-state index contributed by atoms with van der Waals surface area (Å²) in [6.45, 7) is 8.12. The SMILES string of the molecule is CC[C@@H](Oc1cccc(C)c1)C(=O)N[C@H](CC)c1ccc(C)cc1. The molecule has 0 unspecified atom stereocenters. The molecule has 0 saturated heterocycles. The first kappa shape index (κ1) is 18.1. The van der Waals surface area contributed by atoms with Gasteiger partial charge < -0.3 is 10.1 Å². The van der Waals surface area contributed by atoms with Crippen molar-refractivity contribution in [1.82, 2.24) is 5.32 Å². The summed E-state index contributed by atoms with van der Waals surface area (Å²) in [5.41, 5.74) is 3.46. The molecule has 128 valence electrons. The highest BCUT2D eigenvalue weighted by Crippen LogP contribution is 2.19. The van der Waals surface area contributed by atoms with E-state index in [-0.39, 0.29) is 11.9 Å². The smallest absolute Gasteiger partial charge is 0.261 e. The van der Waals surface area contributed by atoms with Crippen molar-refractivity contribution in [2.24, 2.45) is 0 Å². The van der Waals surface area contributed by atoms with Gasteiger partial charge in [0.1, 0.15) is 5.75 Å². The fourth-order valence-corrected chi connectivity index (χ4v) is 2.66. The number of nitrogens with one attached hydrogen (secondary N) is 1. The van der Waals surface area contributed by atoms with Crippen LogP contribution < -0.4 is 10.1 Å². The van der Waals surface area contributed by atoms with E-state index in [9.17, 15) is 4.79 Å². The molecule has 1 amide bonds. The fourth-order valence-electron chi connectivity index (χ4n) is 2.66. The maximum Gasteiger partial charge on any atom is 0.261 e. The van der Waals surface area contributed by atoms with E-state index in [2.05, 4.69) is 43.4 Å². The van der Waals surface area contributed by atoms with Crippen molar-refractivity contribution in [1.29, 1.82) is 0 Å². The van der Waals surface area contributed by atoms with Gasteiger partial charge in [-0.2, -0.15) is 0 Å². The predicted octanol–water partition coefficient (Wildman–Crippen LogP) is 4.73. The van der Waals surface area contributed by atoms with Gasteiger partial charge in [0.15, 0.2) is 6.10 Å². The largest absolute Gasteiger partial charge is 0.481 e. The van der Waals surface area contributed by atoms with Crippen LogP contribution in [0.15, 0.2) is 48.5 Å². The molecule has 2 aromatic rings. The van der Waals surface area contributed by atoms with E-state index in [4.69, 9.17) is 4.74 Å². The maximum atomic E-state index is 12.6. The van der Waals surface area contributed by atoms with Gasteiger partial charge in [-0.15, -0.1) is 0 Å². The highest BCUT2D eigenvalue weighted by atomic mass is 16.5. The van der Waals surface area contributed by atoms with E-state index >= 15 is 0 Å². The zero-order chi connectivity index (χ0) is 17.5. The van der Waals surface area contributed by atoms with Crippen molar-refractivity contribution in [2.45, 2.75) is 52.7 Å². The van der Waals surface area contributed by atoms with Gasteiger partial charge >= 0.3 is 0 Å². The Hall–Kier alpha value is -2.29. The second-order valence-electron chi connectivity index (χ2n) is 6.21. The van der Waals surface area contributed by atoms with Crippen molar-refractivity contribution in [3.63, 3.8) is 0 Å². The molecule has 2 aromatic carbocycles. The zero-order valence-corrected chi connectivity index (χ0v) is 15.0. The Morgan fingerprint density at radius 1 is 1.00 bits per heavy atom. The molecule has 3 heteroatoms. The van der Waals surface area contributed by atoms with Crippen LogP contribution >= 0.6 is 0 Å². The molecule has 0 bridgehead atoms. The molecule has 24 heavy (non-hydrogen) atoms. The highest BCUT2D eigenvalue weighted by molar-refractivity contribution is 5.81. The summed E-state index contributed by atoms with van der Waals surface area (Å²) in [6.07, 6.45) is 0.992. The number of hydrogen-bond donors (Lipinski definition) is 1. The third-order valence-corrected chi connectivity index (χ3v) is 4.14. The summed E-state index contributed by atoms with van der Waals surface area (Å²) < 4.78 is 5.89.